The smallest absolute Gasteiger partial charge is 0.238 e. The molecule has 4 nitrogen and oxygen atoms in total. The molecular formula is C14H21N3O. The molecule has 0 aliphatic heterocycles. The molecule has 1 aliphatic carbocycles. The monoisotopic (exact) mass is 247 g/mol. The van der Waals surface area contributed by atoms with E-state index in [-0.39, 0.29) is 5.91 Å². The summed E-state index contributed by atoms with van der Waals surface area (Å²) in [6, 6.07) is 6.18. The first-order chi connectivity index (χ1) is 8.56. The number of nitrogens with one attached hydrogen (secondary N) is 1. The van der Waals surface area contributed by atoms with E-state index in [9.17, 15) is 4.79 Å². The molecule has 0 aromatic heterocycles. The number of carbonyl (C=O) groups excluding carboxylic acids is 1. The minimum atomic E-state index is 0.0210. The lowest BCUT2D eigenvalue weighted by molar-refractivity contribution is -0.117. The molecule has 0 unspecified atom stereocenters. The highest BCUT2D eigenvalue weighted by atomic mass is 16.2. The summed E-state index contributed by atoms with van der Waals surface area (Å²) in [5, 5.41) is 2.88. The van der Waals surface area contributed by atoms with Crippen molar-refractivity contribution in [3.8, 4) is 0 Å². The summed E-state index contributed by atoms with van der Waals surface area (Å²) in [5.41, 5.74) is 8.32. The topological polar surface area (TPSA) is 58.4 Å². The Morgan fingerprint density at radius 2 is 2.22 bits per heavy atom. The van der Waals surface area contributed by atoms with Gasteiger partial charge < -0.3 is 11.1 Å². The molecule has 0 saturated heterocycles. The van der Waals surface area contributed by atoms with E-state index in [2.05, 4.69) is 10.2 Å². The summed E-state index contributed by atoms with van der Waals surface area (Å²) < 4.78 is 0. The number of aryl methyl sites for hydroxylation is 1. The summed E-state index contributed by atoms with van der Waals surface area (Å²) >= 11 is 0. The zero-order chi connectivity index (χ0) is 13.1. The highest BCUT2D eigenvalue weighted by Gasteiger charge is 2.23. The third-order valence-electron chi connectivity index (χ3n) is 3.65. The maximum atomic E-state index is 11.9. The molecule has 0 bridgehead atoms. The predicted molar refractivity (Wildman–Crippen MR) is 74.5 cm³/mol. The maximum absolute atomic E-state index is 11.9. The average Bonchev–Trinajstić information content (AvgIpc) is 2.20. The summed E-state index contributed by atoms with van der Waals surface area (Å²) in [6.45, 7) is 2.39. The van der Waals surface area contributed by atoms with Gasteiger partial charge in [-0.1, -0.05) is 12.5 Å². The van der Waals surface area contributed by atoms with Crippen LogP contribution in [0.5, 0.6) is 0 Å². The van der Waals surface area contributed by atoms with Gasteiger partial charge in [0.05, 0.1) is 6.54 Å². The van der Waals surface area contributed by atoms with Gasteiger partial charge in [-0.3, -0.25) is 9.69 Å². The first-order valence-electron chi connectivity index (χ1n) is 6.42. The highest BCUT2D eigenvalue weighted by molar-refractivity contribution is 5.92. The van der Waals surface area contributed by atoms with E-state index in [1.54, 1.807) is 6.07 Å². The number of nitrogens with two attached hydrogens (primary N) is 1. The number of benzene rings is 1. The lowest BCUT2D eigenvalue weighted by atomic mass is 9.92. The zero-order valence-corrected chi connectivity index (χ0v) is 11.1. The number of nitrogens with zero attached hydrogens (tertiary/aromatic N) is 1. The fourth-order valence-corrected chi connectivity index (χ4v) is 2.10. The normalized spacial score (nSPS) is 15.5. The molecule has 1 amide bonds. The van der Waals surface area contributed by atoms with E-state index in [0.29, 0.717) is 18.3 Å². The number of hydrogen-bond acceptors (Lipinski definition) is 3. The van der Waals surface area contributed by atoms with Crippen LogP contribution in [0.3, 0.4) is 0 Å². The molecule has 2 rings (SSSR count). The van der Waals surface area contributed by atoms with Crippen LogP contribution < -0.4 is 11.1 Å². The molecule has 0 radical (unpaired) electrons. The Morgan fingerprint density at radius 1 is 1.50 bits per heavy atom. The van der Waals surface area contributed by atoms with E-state index in [0.717, 1.165) is 11.3 Å². The summed E-state index contributed by atoms with van der Waals surface area (Å²) in [6.07, 6.45) is 3.70. The maximum Gasteiger partial charge on any atom is 0.238 e. The van der Waals surface area contributed by atoms with Crippen molar-refractivity contribution < 1.29 is 4.79 Å². The van der Waals surface area contributed by atoms with Gasteiger partial charge >= 0.3 is 0 Å². The quantitative estimate of drug-likeness (QED) is 0.800. The standard InChI is InChI=1S/C14H21N3O/c1-10-6-7-11(8-13(10)15)16-14(18)9-17(2)12-4-3-5-12/h6-8,12H,3-5,9,15H2,1-2H3,(H,16,18). The molecule has 98 valence electrons. The Bertz CT molecular complexity index is 441. The molecule has 1 saturated carbocycles. The van der Waals surface area contributed by atoms with Crippen LogP contribution >= 0.6 is 0 Å². The Balaban J connectivity index is 1.88. The Labute approximate surface area is 108 Å². The van der Waals surface area contributed by atoms with E-state index >= 15 is 0 Å². The molecular weight excluding hydrogens is 226 g/mol. The van der Waals surface area contributed by atoms with Gasteiger partial charge in [0.1, 0.15) is 0 Å². The van der Waals surface area contributed by atoms with Crippen molar-refractivity contribution in [1.29, 1.82) is 0 Å². The van der Waals surface area contributed by atoms with Gasteiger partial charge in [0.25, 0.3) is 0 Å². The van der Waals surface area contributed by atoms with Gasteiger partial charge in [0.15, 0.2) is 0 Å². The fourth-order valence-electron chi connectivity index (χ4n) is 2.10. The minimum absolute atomic E-state index is 0.0210. The molecule has 0 spiro atoms. The van der Waals surface area contributed by atoms with Crippen LogP contribution in [0.15, 0.2) is 18.2 Å². The van der Waals surface area contributed by atoms with Gasteiger partial charge in [0.2, 0.25) is 5.91 Å². The van der Waals surface area contributed by atoms with Crippen molar-refractivity contribution in [2.24, 2.45) is 0 Å². The minimum Gasteiger partial charge on any atom is -0.398 e. The van der Waals surface area contributed by atoms with E-state index in [1.165, 1.54) is 19.3 Å². The second kappa shape index (κ2) is 5.40. The predicted octanol–water partition coefficient (Wildman–Crippen LogP) is 2.00. The van der Waals surface area contributed by atoms with Crippen LogP contribution in [0.4, 0.5) is 11.4 Å². The van der Waals surface area contributed by atoms with Crippen LogP contribution in [0, 0.1) is 6.92 Å². The highest BCUT2D eigenvalue weighted by Crippen LogP contribution is 2.23. The molecule has 0 atom stereocenters. The third-order valence-corrected chi connectivity index (χ3v) is 3.65. The number of hydrogen-bond donors (Lipinski definition) is 2. The summed E-state index contributed by atoms with van der Waals surface area (Å²) in [7, 11) is 2.01. The molecule has 18 heavy (non-hydrogen) atoms. The van der Waals surface area contributed by atoms with Crippen LogP contribution in [0.2, 0.25) is 0 Å². The first-order valence-corrected chi connectivity index (χ1v) is 6.42. The Hall–Kier alpha value is -1.55. The molecule has 3 N–H and O–H groups in total. The number of anilines is 2. The number of carbonyl (C=O) groups is 1. The second-order valence-electron chi connectivity index (χ2n) is 5.12. The zero-order valence-electron chi connectivity index (χ0n) is 11.1. The van der Waals surface area contributed by atoms with Crippen molar-refractivity contribution in [1.82, 2.24) is 4.90 Å². The Kier molecular flexibility index (Phi) is 3.87. The number of likely N-dealkylation sites (N-methyl/N-ethyl adjacent to an activating group) is 1. The number of amides is 1. The number of rotatable bonds is 4. The van der Waals surface area contributed by atoms with Crippen molar-refractivity contribution in [3.63, 3.8) is 0 Å². The molecule has 4 heteroatoms. The van der Waals surface area contributed by atoms with Crippen LogP contribution in [-0.4, -0.2) is 30.4 Å². The van der Waals surface area contributed by atoms with Crippen molar-refractivity contribution in [3.05, 3.63) is 23.8 Å². The second-order valence-corrected chi connectivity index (χ2v) is 5.12. The fraction of sp³-hybridized carbons (Fsp3) is 0.500. The summed E-state index contributed by atoms with van der Waals surface area (Å²) in [5.74, 6) is 0.0210. The van der Waals surface area contributed by atoms with Gasteiger partial charge in [-0.2, -0.15) is 0 Å². The molecule has 1 aromatic rings. The summed E-state index contributed by atoms with van der Waals surface area (Å²) in [4.78, 5) is 14.0. The molecule has 1 aliphatic rings. The van der Waals surface area contributed by atoms with E-state index < -0.39 is 0 Å². The third kappa shape index (κ3) is 3.01. The van der Waals surface area contributed by atoms with E-state index in [1.807, 2.05) is 26.1 Å². The average molecular weight is 247 g/mol. The van der Waals surface area contributed by atoms with Gasteiger partial charge in [0, 0.05) is 17.4 Å². The molecule has 0 heterocycles. The van der Waals surface area contributed by atoms with Crippen LogP contribution in [0.1, 0.15) is 24.8 Å². The number of nitrogen functional groups attached to an aromatic ring is 1. The van der Waals surface area contributed by atoms with Crippen LogP contribution in [0.25, 0.3) is 0 Å². The Morgan fingerprint density at radius 3 is 2.78 bits per heavy atom. The van der Waals surface area contributed by atoms with Crippen molar-refractivity contribution in [2.75, 3.05) is 24.6 Å². The lowest BCUT2D eigenvalue weighted by Crippen LogP contribution is -2.41. The lowest BCUT2D eigenvalue weighted by Gasteiger charge is -2.34. The first kappa shape index (κ1) is 12.9. The molecule has 1 fully saturated rings. The van der Waals surface area contributed by atoms with Crippen molar-refractivity contribution in [2.45, 2.75) is 32.2 Å². The van der Waals surface area contributed by atoms with Crippen molar-refractivity contribution >= 4 is 17.3 Å². The van der Waals surface area contributed by atoms with Gasteiger partial charge in [-0.25, -0.2) is 0 Å². The SMILES string of the molecule is Cc1ccc(NC(=O)CN(C)C2CCC2)cc1N. The van der Waals surface area contributed by atoms with Gasteiger partial charge in [-0.05, 0) is 44.5 Å². The van der Waals surface area contributed by atoms with Gasteiger partial charge in [-0.15, -0.1) is 0 Å². The largest absolute Gasteiger partial charge is 0.398 e. The van der Waals surface area contributed by atoms with Crippen LogP contribution in [-0.2, 0) is 4.79 Å². The molecule has 1 aromatic carbocycles. The van der Waals surface area contributed by atoms with E-state index in [4.69, 9.17) is 5.73 Å².